The molecule has 0 saturated heterocycles. The first-order valence-corrected chi connectivity index (χ1v) is 9.80. The average molecular weight is 385 g/mol. The average Bonchev–Trinajstić information content (AvgIpc) is 2.51. The summed E-state index contributed by atoms with van der Waals surface area (Å²) < 4.78 is 0. The summed E-state index contributed by atoms with van der Waals surface area (Å²) in [4.78, 5) is 5.43. The normalized spacial score (nSPS) is 11.7. The first kappa shape index (κ1) is 18.5. The maximum absolute atomic E-state index is 6.14. The fourth-order valence-corrected chi connectivity index (χ4v) is 4.04. The Morgan fingerprint density at radius 2 is 1.83 bits per heavy atom. The topological polar surface area (TPSA) is 38.4 Å². The van der Waals surface area contributed by atoms with Crippen molar-refractivity contribution in [2.24, 2.45) is 10.7 Å². The van der Waals surface area contributed by atoms with Crippen molar-refractivity contribution in [2.75, 3.05) is 11.5 Å². The molecule has 2 aromatic rings. The van der Waals surface area contributed by atoms with Crippen LogP contribution in [-0.4, -0.2) is 16.7 Å². The van der Waals surface area contributed by atoms with Gasteiger partial charge in [-0.3, -0.25) is 0 Å². The van der Waals surface area contributed by atoms with Gasteiger partial charge in [-0.05, 0) is 55.3 Å². The highest BCUT2D eigenvalue weighted by Crippen LogP contribution is 2.30. The van der Waals surface area contributed by atoms with Crippen LogP contribution in [0.1, 0.15) is 11.1 Å². The van der Waals surface area contributed by atoms with Gasteiger partial charge in [-0.1, -0.05) is 41.0 Å². The zero-order chi connectivity index (χ0) is 16.8. The van der Waals surface area contributed by atoms with Crippen LogP contribution in [0, 0.1) is 13.8 Å². The van der Waals surface area contributed by atoms with Crippen molar-refractivity contribution in [3.8, 4) is 0 Å². The Morgan fingerprint density at radius 1 is 1.04 bits per heavy atom. The number of rotatable bonds is 5. The van der Waals surface area contributed by atoms with Gasteiger partial charge in [0.15, 0.2) is 5.17 Å². The first-order valence-electron chi connectivity index (χ1n) is 7.08. The van der Waals surface area contributed by atoms with Crippen molar-refractivity contribution in [3.05, 3.63) is 57.6 Å². The van der Waals surface area contributed by atoms with E-state index in [1.807, 2.05) is 24.3 Å². The summed E-state index contributed by atoms with van der Waals surface area (Å²) >= 11 is 15.3. The van der Waals surface area contributed by atoms with Gasteiger partial charge in [0.1, 0.15) is 0 Å². The number of nitrogens with zero attached hydrogens (tertiary/aromatic N) is 1. The van der Waals surface area contributed by atoms with Gasteiger partial charge in [-0.25, -0.2) is 4.99 Å². The van der Waals surface area contributed by atoms with Crippen molar-refractivity contribution < 1.29 is 0 Å². The molecule has 2 aromatic carbocycles. The number of aryl methyl sites for hydroxylation is 2. The SMILES string of the molecule is Cc1ccc(N=C(N)SCCSc2cc(Cl)ccc2Cl)cc1C. The van der Waals surface area contributed by atoms with E-state index in [9.17, 15) is 0 Å². The molecule has 0 heterocycles. The molecule has 6 heteroatoms. The Hall–Kier alpha value is -0.810. The van der Waals surface area contributed by atoms with Crippen LogP contribution in [0.15, 0.2) is 46.3 Å². The summed E-state index contributed by atoms with van der Waals surface area (Å²) in [6.07, 6.45) is 0. The van der Waals surface area contributed by atoms with E-state index in [4.69, 9.17) is 28.9 Å². The van der Waals surface area contributed by atoms with E-state index in [0.717, 1.165) is 27.1 Å². The Balaban J connectivity index is 1.84. The molecular weight excluding hydrogens is 367 g/mol. The van der Waals surface area contributed by atoms with E-state index >= 15 is 0 Å². The largest absolute Gasteiger partial charge is 0.378 e. The Kier molecular flexibility index (Phi) is 7.15. The smallest absolute Gasteiger partial charge is 0.159 e. The van der Waals surface area contributed by atoms with E-state index in [1.54, 1.807) is 29.6 Å². The van der Waals surface area contributed by atoms with Crippen LogP contribution >= 0.6 is 46.7 Å². The summed E-state index contributed by atoms with van der Waals surface area (Å²) in [5.41, 5.74) is 9.35. The first-order chi connectivity index (χ1) is 11.0. The molecule has 2 N–H and O–H groups in total. The third-order valence-electron chi connectivity index (χ3n) is 3.21. The highest BCUT2D eigenvalue weighted by atomic mass is 35.5. The van der Waals surface area contributed by atoms with Gasteiger partial charge in [0.2, 0.25) is 0 Å². The van der Waals surface area contributed by atoms with Crippen LogP contribution in [0.25, 0.3) is 0 Å². The monoisotopic (exact) mass is 384 g/mol. The van der Waals surface area contributed by atoms with Crippen LogP contribution in [0.4, 0.5) is 5.69 Å². The summed E-state index contributed by atoms with van der Waals surface area (Å²) in [7, 11) is 0. The van der Waals surface area contributed by atoms with Gasteiger partial charge >= 0.3 is 0 Å². The fourth-order valence-electron chi connectivity index (χ4n) is 1.84. The molecule has 0 aromatic heterocycles. The highest BCUT2D eigenvalue weighted by Gasteiger charge is 2.03. The Bertz CT molecular complexity index is 718. The molecule has 0 radical (unpaired) electrons. The minimum Gasteiger partial charge on any atom is -0.378 e. The van der Waals surface area contributed by atoms with Gasteiger partial charge in [0.05, 0.1) is 10.7 Å². The van der Waals surface area contributed by atoms with E-state index in [1.165, 1.54) is 11.1 Å². The lowest BCUT2D eigenvalue weighted by Crippen LogP contribution is -2.07. The third kappa shape index (κ3) is 5.96. The second kappa shape index (κ2) is 8.88. The lowest BCUT2D eigenvalue weighted by molar-refractivity contribution is 1.32. The number of thioether (sulfide) groups is 2. The van der Waals surface area contributed by atoms with Crippen molar-refractivity contribution in [1.29, 1.82) is 0 Å². The van der Waals surface area contributed by atoms with Crippen molar-refractivity contribution in [2.45, 2.75) is 18.7 Å². The Labute approximate surface area is 155 Å². The van der Waals surface area contributed by atoms with Crippen LogP contribution in [-0.2, 0) is 0 Å². The number of amidine groups is 1. The Morgan fingerprint density at radius 3 is 2.57 bits per heavy atom. The zero-order valence-electron chi connectivity index (χ0n) is 13.0. The van der Waals surface area contributed by atoms with Gasteiger partial charge < -0.3 is 5.73 Å². The summed E-state index contributed by atoms with van der Waals surface area (Å²) in [6.45, 7) is 4.15. The molecule has 0 amide bonds. The zero-order valence-corrected chi connectivity index (χ0v) is 16.1. The quantitative estimate of drug-likeness (QED) is 0.293. The van der Waals surface area contributed by atoms with Gasteiger partial charge in [0, 0.05) is 21.4 Å². The molecule has 0 unspecified atom stereocenters. The number of nitrogens with two attached hydrogens (primary N) is 1. The molecule has 23 heavy (non-hydrogen) atoms. The second-order valence-electron chi connectivity index (χ2n) is 4.99. The number of halogens is 2. The van der Waals surface area contributed by atoms with E-state index in [2.05, 4.69) is 24.9 Å². The molecule has 2 rings (SSSR count). The predicted octanol–water partition coefficient (Wildman–Crippen LogP) is 6.08. The maximum atomic E-state index is 6.14. The van der Waals surface area contributed by atoms with Crippen LogP contribution < -0.4 is 5.73 Å². The molecule has 0 aliphatic carbocycles. The summed E-state index contributed by atoms with van der Waals surface area (Å²) in [6, 6.07) is 11.6. The maximum Gasteiger partial charge on any atom is 0.159 e. The van der Waals surface area contributed by atoms with Crippen LogP contribution in [0.2, 0.25) is 10.0 Å². The van der Waals surface area contributed by atoms with E-state index in [-0.39, 0.29) is 0 Å². The van der Waals surface area contributed by atoms with Crippen molar-refractivity contribution in [1.82, 2.24) is 0 Å². The molecule has 0 aliphatic rings. The predicted molar refractivity (Wildman–Crippen MR) is 107 cm³/mol. The molecule has 0 atom stereocenters. The minimum atomic E-state index is 0.575. The molecule has 0 bridgehead atoms. The summed E-state index contributed by atoms with van der Waals surface area (Å²) in [5.74, 6) is 1.74. The molecule has 0 fully saturated rings. The van der Waals surface area contributed by atoms with Crippen LogP contribution in [0.3, 0.4) is 0 Å². The van der Waals surface area contributed by atoms with Crippen molar-refractivity contribution in [3.63, 3.8) is 0 Å². The lowest BCUT2D eigenvalue weighted by atomic mass is 10.1. The minimum absolute atomic E-state index is 0.575. The molecular formula is C17H18Cl2N2S2. The molecule has 0 aliphatic heterocycles. The molecule has 122 valence electrons. The van der Waals surface area contributed by atoms with Crippen LogP contribution in [0.5, 0.6) is 0 Å². The van der Waals surface area contributed by atoms with Gasteiger partial charge in [0.25, 0.3) is 0 Å². The number of hydrogen-bond acceptors (Lipinski definition) is 3. The van der Waals surface area contributed by atoms with Gasteiger partial charge in [-0.15, -0.1) is 11.8 Å². The van der Waals surface area contributed by atoms with E-state index in [0.29, 0.717) is 10.2 Å². The van der Waals surface area contributed by atoms with Gasteiger partial charge in [-0.2, -0.15) is 0 Å². The number of aliphatic imine (C=N–C) groups is 1. The fraction of sp³-hybridized carbons (Fsp3) is 0.235. The highest BCUT2D eigenvalue weighted by molar-refractivity contribution is 8.14. The number of benzene rings is 2. The third-order valence-corrected chi connectivity index (χ3v) is 6.00. The van der Waals surface area contributed by atoms with Crippen molar-refractivity contribution >= 4 is 57.6 Å². The van der Waals surface area contributed by atoms with E-state index < -0.39 is 0 Å². The number of hydrogen-bond donors (Lipinski definition) is 1. The summed E-state index contributed by atoms with van der Waals surface area (Å²) in [5, 5.41) is 1.99. The second-order valence-corrected chi connectivity index (χ2v) is 8.09. The molecule has 0 saturated carbocycles. The standard InChI is InChI=1S/C17H18Cl2N2S2/c1-11-3-5-14(9-12(11)2)21-17(20)23-8-7-22-16-10-13(18)4-6-15(16)19/h3-6,9-10H,7-8H2,1-2H3,(H2,20,21). The lowest BCUT2D eigenvalue weighted by Gasteiger charge is -2.05. The molecule has 0 spiro atoms. The molecule has 2 nitrogen and oxygen atoms in total.